The van der Waals surface area contributed by atoms with Gasteiger partial charge in [0.15, 0.2) is 0 Å². The van der Waals surface area contributed by atoms with E-state index in [2.05, 4.69) is 20.8 Å². The van der Waals surface area contributed by atoms with E-state index in [1.807, 2.05) is 7.05 Å². The monoisotopic (exact) mass is 135 g/mol. The molecule has 0 N–H and O–H groups in total. The molecule has 0 aromatic rings. The van der Waals surface area contributed by atoms with Crippen molar-refractivity contribution in [1.82, 2.24) is 4.42 Å². The summed E-state index contributed by atoms with van der Waals surface area (Å²) in [4.78, 5) is 0. The van der Waals surface area contributed by atoms with Gasteiger partial charge in [0.25, 0.3) is 0 Å². The molecule has 0 aromatic carbocycles. The number of rotatable bonds is 2. The molecule has 8 heavy (non-hydrogen) atoms. The Bertz CT molecular complexity index is 68.9. The first-order valence-electron chi connectivity index (χ1n) is 2.90. The normalized spacial score (nSPS) is 12.8. The fourth-order valence-corrected chi connectivity index (χ4v) is 0.337. The largest absolute Gasteiger partial charge is 0.218 e. The predicted octanol–water partition coefficient (Wildman–Crippen LogP) is 2.26. The molecule has 0 spiro atoms. The van der Waals surface area contributed by atoms with Crippen molar-refractivity contribution in [2.75, 3.05) is 7.05 Å². The minimum Gasteiger partial charge on any atom is -0.218 e. The lowest BCUT2D eigenvalue weighted by Gasteiger charge is -2.27. The molecular formula is C6H14ClN. The highest BCUT2D eigenvalue weighted by Gasteiger charge is 2.18. The smallest absolute Gasteiger partial charge is 0.0300 e. The van der Waals surface area contributed by atoms with Crippen molar-refractivity contribution >= 4 is 11.8 Å². The van der Waals surface area contributed by atoms with Crippen LogP contribution in [-0.2, 0) is 0 Å². The van der Waals surface area contributed by atoms with Gasteiger partial charge < -0.3 is 0 Å². The zero-order valence-corrected chi connectivity index (χ0v) is 6.79. The molecule has 0 heterocycles. The van der Waals surface area contributed by atoms with Gasteiger partial charge in [-0.05, 0) is 32.0 Å². The quantitative estimate of drug-likeness (QED) is 0.525. The van der Waals surface area contributed by atoms with Crippen molar-refractivity contribution in [2.24, 2.45) is 0 Å². The Morgan fingerprint density at radius 2 is 1.88 bits per heavy atom. The van der Waals surface area contributed by atoms with Crippen LogP contribution in [0.5, 0.6) is 0 Å². The number of halogens is 1. The molecule has 0 fully saturated rings. The molecule has 0 amide bonds. The number of nitrogens with zero attached hydrogens (tertiary/aromatic N) is 1. The number of hydrogen-bond donors (Lipinski definition) is 0. The molecule has 0 saturated heterocycles. The highest BCUT2D eigenvalue weighted by molar-refractivity contribution is 6.13. The summed E-state index contributed by atoms with van der Waals surface area (Å²) >= 11 is 5.70. The average molecular weight is 136 g/mol. The topological polar surface area (TPSA) is 3.24 Å². The van der Waals surface area contributed by atoms with Crippen LogP contribution < -0.4 is 0 Å². The van der Waals surface area contributed by atoms with E-state index in [4.69, 9.17) is 11.8 Å². The first-order valence-corrected chi connectivity index (χ1v) is 3.24. The molecule has 50 valence electrons. The Kier molecular flexibility index (Phi) is 2.78. The summed E-state index contributed by atoms with van der Waals surface area (Å²) in [5, 5.41) is 0. The minimum absolute atomic E-state index is 0.140. The summed E-state index contributed by atoms with van der Waals surface area (Å²) in [6.07, 6.45) is 1.08. The van der Waals surface area contributed by atoms with Crippen LogP contribution in [0.1, 0.15) is 27.2 Å². The van der Waals surface area contributed by atoms with E-state index in [1.165, 1.54) is 0 Å². The van der Waals surface area contributed by atoms with Gasteiger partial charge in [-0.2, -0.15) is 0 Å². The summed E-state index contributed by atoms with van der Waals surface area (Å²) in [5.41, 5.74) is 0.140. The molecule has 0 bridgehead atoms. The van der Waals surface area contributed by atoms with E-state index in [-0.39, 0.29) is 5.54 Å². The fourth-order valence-electron chi connectivity index (χ4n) is 0.218. The Morgan fingerprint density at radius 1 is 1.50 bits per heavy atom. The van der Waals surface area contributed by atoms with E-state index >= 15 is 0 Å². The standard InChI is InChI=1S/C6H14ClN/c1-5-6(2,3)8(4)7/h5H2,1-4H3. The summed E-state index contributed by atoms with van der Waals surface area (Å²) in [7, 11) is 1.88. The van der Waals surface area contributed by atoms with E-state index in [0.717, 1.165) is 6.42 Å². The molecule has 0 atom stereocenters. The van der Waals surface area contributed by atoms with Crippen LogP contribution in [0.15, 0.2) is 0 Å². The van der Waals surface area contributed by atoms with Crippen molar-refractivity contribution < 1.29 is 0 Å². The summed E-state index contributed by atoms with van der Waals surface area (Å²) in [6.45, 7) is 6.35. The predicted molar refractivity (Wildman–Crippen MR) is 38.0 cm³/mol. The molecule has 0 radical (unpaired) electrons. The molecule has 0 aromatic heterocycles. The molecule has 0 aliphatic heterocycles. The van der Waals surface area contributed by atoms with Crippen molar-refractivity contribution in [3.63, 3.8) is 0 Å². The van der Waals surface area contributed by atoms with Gasteiger partial charge in [0.2, 0.25) is 0 Å². The van der Waals surface area contributed by atoms with Gasteiger partial charge in [0.05, 0.1) is 0 Å². The van der Waals surface area contributed by atoms with Gasteiger partial charge in [0, 0.05) is 12.6 Å². The molecule has 0 aliphatic carbocycles. The average Bonchev–Trinajstić information content (AvgIpc) is 1.67. The Labute approximate surface area is 56.7 Å². The third kappa shape index (κ3) is 2.01. The maximum absolute atomic E-state index is 5.70. The van der Waals surface area contributed by atoms with Crippen molar-refractivity contribution in [3.05, 3.63) is 0 Å². The first kappa shape index (κ1) is 8.25. The highest BCUT2D eigenvalue weighted by atomic mass is 35.5. The summed E-state index contributed by atoms with van der Waals surface area (Å²) < 4.78 is 1.72. The van der Waals surface area contributed by atoms with Gasteiger partial charge in [0.1, 0.15) is 0 Å². The molecule has 0 rings (SSSR count). The van der Waals surface area contributed by atoms with Crippen LogP contribution in [0.3, 0.4) is 0 Å². The maximum atomic E-state index is 5.70. The molecule has 0 saturated carbocycles. The lowest BCUT2D eigenvalue weighted by atomic mass is 10.0. The van der Waals surface area contributed by atoms with Crippen LogP contribution in [0, 0.1) is 0 Å². The zero-order valence-electron chi connectivity index (χ0n) is 6.03. The lowest BCUT2D eigenvalue weighted by molar-refractivity contribution is 0.269. The Morgan fingerprint density at radius 3 is 1.88 bits per heavy atom. The van der Waals surface area contributed by atoms with E-state index in [0.29, 0.717) is 0 Å². The SMILES string of the molecule is CCC(C)(C)N(C)Cl. The number of hydrogen-bond acceptors (Lipinski definition) is 1. The summed E-state index contributed by atoms with van der Waals surface area (Å²) in [5.74, 6) is 0. The van der Waals surface area contributed by atoms with Crippen LogP contribution in [-0.4, -0.2) is 17.0 Å². The summed E-state index contributed by atoms with van der Waals surface area (Å²) in [6, 6.07) is 0. The third-order valence-electron chi connectivity index (χ3n) is 1.70. The fraction of sp³-hybridized carbons (Fsp3) is 1.00. The second-order valence-corrected chi connectivity index (χ2v) is 3.15. The van der Waals surface area contributed by atoms with Gasteiger partial charge in [-0.15, -0.1) is 0 Å². The van der Waals surface area contributed by atoms with Crippen LogP contribution >= 0.6 is 11.8 Å². The van der Waals surface area contributed by atoms with Gasteiger partial charge in [-0.1, -0.05) is 6.92 Å². The first-order chi connectivity index (χ1) is 3.50. The molecule has 2 heteroatoms. The maximum Gasteiger partial charge on any atom is 0.0300 e. The van der Waals surface area contributed by atoms with Gasteiger partial charge >= 0.3 is 0 Å². The van der Waals surface area contributed by atoms with E-state index < -0.39 is 0 Å². The highest BCUT2D eigenvalue weighted by Crippen LogP contribution is 2.17. The second-order valence-electron chi connectivity index (χ2n) is 2.64. The van der Waals surface area contributed by atoms with Crippen molar-refractivity contribution in [2.45, 2.75) is 32.7 Å². The molecule has 0 aliphatic rings. The van der Waals surface area contributed by atoms with Gasteiger partial charge in [-0.25, -0.2) is 4.42 Å². The minimum atomic E-state index is 0.140. The second kappa shape index (κ2) is 2.70. The zero-order chi connectivity index (χ0) is 6.78. The Balaban J connectivity index is 3.71. The Hall–Kier alpha value is 0.250. The molecule has 1 nitrogen and oxygen atoms in total. The lowest BCUT2D eigenvalue weighted by Crippen LogP contribution is -2.33. The van der Waals surface area contributed by atoms with Crippen LogP contribution in [0.4, 0.5) is 0 Å². The molecule has 0 unspecified atom stereocenters. The van der Waals surface area contributed by atoms with Crippen LogP contribution in [0.25, 0.3) is 0 Å². The van der Waals surface area contributed by atoms with Crippen molar-refractivity contribution in [1.29, 1.82) is 0 Å². The van der Waals surface area contributed by atoms with E-state index in [9.17, 15) is 0 Å². The van der Waals surface area contributed by atoms with Crippen molar-refractivity contribution in [3.8, 4) is 0 Å². The molecular weight excluding hydrogens is 122 g/mol. The van der Waals surface area contributed by atoms with Crippen LogP contribution in [0.2, 0.25) is 0 Å². The van der Waals surface area contributed by atoms with E-state index in [1.54, 1.807) is 4.42 Å². The third-order valence-corrected chi connectivity index (χ3v) is 2.16. The van der Waals surface area contributed by atoms with Gasteiger partial charge in [-0.3, -0.25) is 0 Å².